The molecule has 1 aromatic heterocycles. The Hall–Kier alpha value is -1.17. The van der Waals surface area contributed by atoms with Gasteiger partial charge in [-0.15, -0.1) is 5.10 Å². The van der Waals surface area contributed by atoms with Gasteiger partial charge in [0.1, 0.15) is 5.69 Å². The van der Waals surface area contributed by atoms with Gasteiger partial charge in [0, 0.05) is 0 Å². The third kappa shape index (κ3) is 2.26. The molecule has 1 atom stereocenters. The summed E-state index contributed by atoms with van der Waals surface area (Å²) in [6.07, 6.45) is 0. The zero-order chi connectivity index (χ0) is 12.4. The van der Waals surface area contributed by atoms with Crippen LogP contribution in [-0.2, 0) is 0 Å². The number of halogens is 2. The largest absolute Gasteiger partial charge is 0.311 e. The van der Waals surface area contributed by atoms with Crippen molar-refractivity contribution in [2.24, 2.45) is 0 Å². The molecule has 1 unspecified atom stereocenters. The minimum atomic E-state index is -0.00246. The zero-order valence-electron chi connectivity index (χ0n) is 9.35. The maximum absolute atomic E-state index is 6.12. The number of rotatable bonds is 3. The molecule has 1 N–H and O–H groups in total. The van der Waals surface area contributed by atoms with Crippen LogP contribution < -0.4 is 5.32 Å². The van der Waals surface area contributed by atoms with Crippen molar-refractivity contribution in [1.82, 2.24) is 25.5 Å². The number of hydrogen-bond acceptors (Lipinski definition) is 4. The van der Waals surface area contributed by atoms with Gasteiger partial charge in [0.25, 0.3) is 0 Å². The van der Waals surface area contributed by atoms with Crippen molar-refractivity contribution in [1.29, 1.82) is 0 Å². The Morgan fingerprint density at radius 1 is 1.29 bits per heavy atom. The van der Waals surface area contributed by atoms with E-state index in [4.69, 9.17) is 23.2 Å². The molecule has 0 radical (unpaired) electrons. The van der Waals surface area contributed by atoms with Gasteiger partial charge in [0.05, 0.1) is 16.1 Å². The Balaban J connectivity index is 2.58. The minimum Gasteiger partial charge on any atom is -0.311 e. The van der Waals surface area contributed by atoms with Gasteiger partial charge in [0.15, 0.2) is 5.82 Å². The first kappa shape index (κ1) is 12.3. The first-order valence-corrected chi connectivity index (χ1v) is 5.80. The fourth-order valence-electron chi connectivity index (χ4n) is 1.44. The molecule has 0 fully saturated rings. The summed E-state index contributed by atoms with van der Waals surface area (Å²) in [5.41, 5.74) is 0.595. The van der Waals surface area contributed by atoms with Crippen molar-refractivity contribution in [3.05, 3.63) is 34.1 Å². The van der Waals surface area contributed by atoms with Crippen LogP contribution in [0.4, 0.5) is 0 Å². The van der Waals surface area contributed by atoms with Gasteiger partial charge in [-0.3, -0.25) is 0 Å². The molecule has 90 valence electrons. The lowest BCUT2D eigenvalue weighted by molar-refractivity contribution is 0.589. The van der Waals surface area contributed by atoms with Crippen molar-refractivity contribution in [3.63, 3.8) is 0 Å². The van der Waals surface area contributed by atoms with Gasteiger partial charge < -0.3 is 5.32 Å². The van der Waals surface area contributed by atoms with E-state index in [1.165, 1.54) is 0 Å². The maximum Gasteiger partial charge on any atom is 0.173 e. The second kappa shape index (κ2) is 5.00. The highest BCUT2D eigenvalue weighted by Crippen LogP contribution is 2.29. The van der Waals surface area contributed by atoms with Gasteiger partial charge in [-0.05, 0) is 36.5 Å². The Kier molecular flexibility index (Phi) is 3.61. The summed E-state index contributed by atoms with van der Waals surface area (Å²) >= 11 is 12.2. The molecule has 5 nitrogen and oxygen atoms in total. The third-order valence-corrected chi connectivity index (χ3v) is 3.07. The normalized spacial score (nSPS) is 12.7. The molecular formula is C10H11Cl2N5. The molecule has 2 aromatic rings. The molecule has 17 heavy (non-hydrogen) atoms. The van der Waals surface area contributed by atoms with E-state index in [2.05, 4.69) is 20.8 Å². The summed E-state index contributed by atoms with van der Waals surface area (Å²) in [4.78, 5) is 0. The van der Waals surface area contributed by atoms with Crippen molar-refractivity contribution < 1.29 is 0 Å². The molecule has 0 aliphatic rings. The molecule has 0 bridgehead atoms. The van der Waals surface area contributed by atoms with Crippen LogP contribution in [-0.4, -0.2) is 27.3 Å². The number of nitrogens with one attached hydrogen (secondary N) is 1. The molecule has 2 rings (SSSR count). The minimum absolute atomic E-state index is 0.00246. The molecule has 0 aliphatic carbocycles. The molecule has 7 heteroatoms. The summed E-state index contributed by atoms with van der Waals surface area (Å²) in [6, 6.07) is 5.27. The lowest BCUT2D eigenvalue weighted by atomic mass is 10.3. The topological polar surface area (TPSA) is 55.6 Å². The number of benzene rings is 1. The van der Waals surface area contributed by atoms with E-state index in [0.717, 1.165) is 0 Å². The fraction of sp³-hybridized carbons (Fsp3) is 0.300. The summed E-state index contributed by atoms with van der Waals surface area (Å²) in [5.74, 6) is 0.655. The quantitative estimate of drug-likeness (QED) is 0.931. The number of nitrogens with zero attached hydrogens (tertiary/aromatic N) is 4. The average molecular weight is 272 g/mol. The first-order chi connectivity index (χ1) is 8.15. The average Bonchev–Trinajstić information content (AvgIpc) is 2.77. The monoisotopic (exact) mass is 271 g/mol. The Bertz CT molecular complexity index is 505. The van der Waals surface area contributed by atoms with E-state index in [9.17, 15) is 0 Å². The highest BCUT2D eigenvalue weighted by atomic mass is 35.5. The first-order valence-electron chi connectivity index (χ1n) is 5.05. The summed E-state index contributed by atoms with van der Waals surface area (Å²) in [6.45, 7) is 1.95. The third-order valence-electron chi connectivity index (χ3n) is 2.46. The summed E-state index contributed by atoms with van der Waals surface area (Å²) in [7, 11) is 1.83. The summed E-state index contributed by atoms with van der Waals surface area (Å²) in [5, 5.41) is 15.6. The van der Waals surface area contributed by atoms with Crippen molar-refractivity contribution in [3.8, 4) is 5.69 Å². The fourth-order valence-corrected chi connectivity index (χ4v) is 2.00. The van der Waals surface area contributed by atoms with Crippen molar-refractivity contribution >= 4 is 23.2 Å². The van der Waals surface area contributed by atoms with Gasteiger partial charge in [-0.2, -0.15) is 4.68 Å². The van der Waals surface area contributed by atoms with Crippen molar-refractivity contribution in [2.75, 3.05) is 7.05 Å². The van der Waals surface area contributed by atoms with E-state index in [0.29, 0.717) is 21.6 Å². The number of aromatic nitrogens is 4. The van der Waals surface area contributed by atoms with Crippen LogP contribution >= 0.6 is 23.2 Å². The predicted octanol–water partition coefficient (Wildman–Crippen LogP) is 2.25. The van der Waals surface area contributed by atoms with Crippen LogP contribution in [0, 0.1) is 0 Å². The second-order valence-corrected chi connectivity index (χ2v) is 4.34. The van der Waals surface area contributed by atoms with Crippen LogP contribution in [0.3, 0.4) is 0 Å². The lowest BCUT2D eigenvalue weighted by Crippen LogP contribution is -2.18. The summed E-state index contributed by atoms with van der Waals surface area (Å²) < 4.78 is 1.55. The molecular weight excluding hydrogens is 261 g/mol. The molecule has 0 aliphatic heterocycles. The van der Waals surface area contributed by atoms with E-state index in [1.807, 2.05) is 14.0 Å². The molecule has 1 heterocycles. The van der Waals surface area contributed by atoms with Gasteiger partial charge in [-0.1, -0.05) is 29.3 Å². The molecule has 0 saturated heterocycles. The number of hydrogen-bond donors (Lipinski definition) is 1. The van der Waals surface area contributed by atoms with E-state index < -0.39 is 0 Å². The van der Waals surface area contributed by atoms with Crippen LogP contribution in [0.2, 0.25) is 10.0 Å². The molecule has 0 spiro atoms. The van der Waals surface area contributed by atoms with E-state index >= 15 is 0 Å². The van der Waals surface area contributed by atoms with Crippen LogP contribution in [0.15, 0.2) is 18.2 Å². The Labute approximate surface area is 109 Å². The predicted molar refractivity (Wildman–Crippen MR) is 66.6 cm³/mol. The highest BCUT2D eigenvalue weighted by molar-refractivity contribution is 6.37. The van der Waals surface area contributed by atoms with E-state index in [-0.39, 0.29) is 6.04 Å². The smallest absolute Gasteiger partial charge is 0.173 e. The van der Waals surface area contributed by atoms with Gasteiger partial charge >= 0.3 is 0 Å². The van der Waals surface area contributed by atoms with Gasteiger partial charge in [-0.25, -0.2) is 0 Å². The SMILES string of the molecule is CNC(C)c1nnnn1-c1c(Cl)cccc1Cl. The molecule has 0 saturated carbocycles. The van der Waals surface area contributed by atoms with Crippen LogP contribution in [0.25, 0.3) is 5.69 Å². The highest BCUT2D eigenvalue weighted by Gasteiger charge is 2.18. The zero-order valence-corrected chi connectivity index (χ0v) is 10.9. The number of tetrazole rings is 1. The molecule has 1 aromatic carbocycles. The Morgan fingerprint density at radius 3 is 2.53 bits per heavy atom. The second-order valence-electron chi connectivity index (χ2n) is 3.53. The Morgan fingerprint density at radius 2 is 1.94 bits per heavy atom. The lowest BCUT2D eigenvalue weighted by Gasteiger charge is -2.12. The number of para-hydroxylation sites is 1. The van der Waals surface area contributed by atoms with Gasteiger partial charge in [0.2, 0.25) is 0 Å². The van der Waals surface area contributed by atoms with Crippen molar-refractivity contribution in [2.45, 2.75) is 13.0 Å². The standard InChI is InChI=1S/C10H11Cl2N5/c1-6(13-2)10-14-15-16-17(10)9-7(11)4-3-5-8(9)12/h3-6,13H,1-2H3. The molecule has 0 amide bonds. The van der Waals surface area contributed by atoms with Crippen LogP contribution in [0.1, 0.15) is 18.8 Å². The van der Waals surface area contributed by atoms with E-state index in [1.54, 1.807) is 22.9 Å². The van der Waals surface area contributed by atoms with Crippen LogP contribution in [0.5, 0.6) is 0 Å². The maximum atomic E-state index is 6.12.